The molecule has 1 rings (SSSR count). The molecule has 1 aromatic carbocycles. The van der Waals surface area contributed by atoms with Crippen molar-refractivity contribution in [2.24, 2.45) is 5.73 Å². The van der Waals surface area contributed by atoms with Gasteiger partial charge in [-0.15, -0.1) is 0 Å². The first kappa shape index (κ1) is 25.0. The summed E-state index contributed by atoms with van der Waals surface area (Å²) >= 11 is 1.34. The van der Waals surface area contributed by atoms with Gasteiger partial charge in [-0.05, 0) is 24.1 Å². The lowest BCUT2D eigenvalue weighted by molar-refractivity contribution is -0.139. The summed E-state index contributed by atoms with van der Waals surface area (Å²) in [6, 6.07) is 4.42. The predicted molar refractivity (Wildman–Crippen MR) is 112 cm³/mol. The fraction of sp³-hybridized carbons (Fsp3) is 0.368. The van der Waals surface area contributed by atoms with Gasteiger partial charge in [0, 0.05) is 17.9 Å². The van der Waals surface area contributed by atoms with Crippen LogP contribution in [-0.2, 0) is 19.2 Å². The summed E-state index contributed by atoms with van der Waals surface area (Å²) in [6.45, 7) is -0.583. The second kappa shape index (κ2) is 13.2. The molecular weight excluding hydrogens is 414 g/mol. The van der Waals surface area contributed by atoms with Gasteiger partial charge >= 0.3 is 11.9 Å². The van der Waals surface area contributed by atoms with Crippen LogP contribution >= 0.6 is 11.8 Å². The van der Waals surface area contributed by atoms with E-state index in [2.05, 4.69) is 10.6 Å². The number of carboxylic acid groups (broad SMARTS) is 2. The Morgan fingerprint density at radius 1 is 1.13 bits per heavy atom. The van der Waals surface area contributed by atoms with Crippen molar-refractivity contribution < 1.29 is 34.5 Å². The molecule has 1 aromatic rings. The standard InChI is InChI=1S/C19H25N3O7S/c20-14(19(28)29)7-8-16(24)22-15(18(27)21-10-17(25)26)11-30-9-1-2-12-3-5-13(23)6-4-12/h1-6,14-15,23H,7-11,20H2,(H,21,27)(H,22,24)(H,25,26)(H,28,29)/t14-,15-/m0/s1. The Bertz CT molecular complexity index is 768. The van der Waals surface area contributed by atoms with Gasteiger partial charge in [-0.1, -0.05) is 24.3 Å². The van der Waals surface area contributed by atoms with Crippen molar-refractivity contribution in [1.29, 1.82) is 0 Å². The van der Waals surface area contributed by atoms with Gasteiger partial charge in [-0.25, -0.2) is 0 Å². The molecule has 0 aliphatic heterocycles. The average Bonchev–Trinajstić information content (AvgIpc) is 2.70. The molecule has 0 bridgehead atoms. The number of phenols is 1. The first-order valence-electron chi connectivity index (χ1n) is 8.99. The number of nitrogens with one attached hydrogen (secondary N) is 2. The van der Waals surface area contributed by atoms with E-state index in [9.17, 15) is 24.3 Å². The van der Waals surface area contributed by atoms with E-state index in [0.717, 1.165) is 5.56 Å². The molecule has 164 valence electrons. The highest BCUT2D eigenvalue weighted by atomic mass is 32.2. The summed E-state index contributed by atoms with van der Waals surface area (Å²) in [5.41, 5.74) is 6.24. The van der Waals surface area contributed by atoms with Crippen LogP contribution in [0.3, 0.4) is 0 Å². The van der Waals surface area contributed by atoms with Gasteiger partial charge in [0.1, 0.15) is 24.4 Å². The minimum absolute atomic E-state index is 0.0901. The molecule has 0 saturated carbocycles. The second-order valence-electron chi connectivity index (χ2n) is 6.25. The molecule has 2 atom stereocenters. The monoisotopic (exact) mass is 439 g/mol. The third-order valence-electron chi connectivity index (χ3n) is 3.77. The maximum Gasteiger partial charge on any atom is 0.322 e. The fourth-order valence-electron chi connectivity index (χ4n) is 2.17. The molecule has 10 nitrogen and oxygen atoms in total. The predicted octanol–water partition coefficient (Wildman–Crippen LogP) is 0.0163. The van der Waals surface area contributed by atoms with Gasteiger partial charge in [0.05, 0.1) is 0 Å². The molecular formula is C19H25N3O7S. The van der Waals surface area contributed by atoms with Crippen molar-refractivity contribution in [2.45, 2.75) is 24.9 Å². The molecule has 0 spiro atoms. The molecule has 0 saturated heterocycles. The van der Waals surface area contributed by atoms with Gasteiger partial charge < -0.3 is 31.7 Å². The Labute approximate surface area is 177 Å². The van der Waals surface area contributed by atoms with E-state index in [1.807, 2.05) is 12.2 Å². The van der Waals surface area contributed by atoms with Gasteiger partial charge in [0.25, 0.3) is 0 Å². The molecule has 7 N–H and O–H groups in total. The Morgan fingerprint density at radius 3 is 2.40 bits per heavy atom. The van der Waals surface area contributed by atoms with E-state index in [4.69, 9.17) is 15.9 Å². The quantitative estimate of drug-likeness (QED) is 0.231. The lowest BCUT2D eigenvalue weighted by Gasteiger charge is -2.18. The minimum Gasteiger partial charge on any atom is -0.508 e. The Kier molecular flexibility index (Phi) is 11.0. The molecule has 0 heterocycles. The smallest absolute Gasteiger partial charge is 0.322 e. The fourth-order valence-corrected chi connectivity index (χ4v) is 3.01. The Morgan fingerprint density at radius 2 is 1.80 bits per heavy atom. The number of aromatic hydroxyl groups is 1. The van der Waals surface area contributed by atoms with Crippen LogP contribution < -0.4 is 16.4 Å². The number of hydrogen-bond acceptors (Lipinski definition) is 7. The Hall–Kier alpha value is -3.05. The molecule has 0 aromatic heterocycles. The third-order valence-corrected chi connectivity index (χ3v) is 4.76. The van der Waals surface area contributed by atoms with Crippen molar-refractivity contribution in [3.8, 4) is 5.75 Å². The van der Waals surface area contributed by atoms with Crippen molar-refractivity contribution in [3.63, 3.8) is 0 Å². The topological polar surface area (TPSA) is 179 Å². The number of carbonyl (C=O) groups excluding carboxylic acids is 2. The second-order valence-corrected chi connectivity index (χ2v) is 7.32. The highest BCUT2D eigenvalue weighted by molar-refractivity contribution is 7.99. The highest BCUT2D eigenvalue weighted by Crippen LogP contribution is 2.12. The minimum atomic E-state index is -1.23. The van der Waals surface area contributed by atoms with Gasteiger partial charge in [0.15, 0.2) is 0 Å². The maximum atomic E-state index is 12.2. The number of carboxylic acids is 2. The SMILES string of the molecule is N[C@@H](CCC(=O)N[C@@H](CSCC=Cc1ccc(O)cc1)C(=O)NCC(=O)O)C(=O)O. The van der Waals surface area contributed by atoms with E-state index in [1.165, 1.54) is 11.8 Å². The average molecular weight is 439 g/mol. The number of carbonyl (C=O) groups is 4. The summed E-state index contributed by atoms with van der Waals surface area (Å²) in [5.74, 6) is -2.78. The summed E-state index contributed by atoms with van der Waals surface area (Å²) in [4.78, 5) is 45.6. The van der Waals surface area contributed by atoms with Crippen LogP contribution in [0.1, 0.15) is 18.4 Å². The van der Waals surface area contributed by atoms with Crippen molar-refractivity contribution in [1.82, 2.24) is 10.6 Å². The first-order valence-corrected chi connectivity index (χ1v) is 10.1. The summed E-state index contributed by atoms with van der Waals surface area (Å²) < 4.78 is 0. The van der Waals surface area contributed by atoms with E-state index >= 15 is 0 Å². The maximum absolute atomic E-state index is 12.2. The molecule has 2 amide bonds. The van der Waals surface area contributed by atoms with Crippen LogP contribution in [0.4, 0.5) is 0 Å². The van der Waals surface area contributed by atoms with Crippen LogP contribution in [0.5, 0.6) is 5.75 Å². The zero-order chi connectivity index (χ0) is 22.5. The van der Waals surface area contributed by atoms with Crippen LogP contribution in [0.15, 0.2) is 30.3 Å². The number of thioether (sulfide) groups is 1. The van der Waals surface area contributed by atoms with Crippen molar-refractivity contribution in [2.75, 3.05) is 18.1 Å². The van der Waals surface area contributed by atoms with Crippen molar-refractivity contribution in [3.05, 3.63) is 35.9 Å². The Balaban J connectivity index is 2.56. The van der Waals surface area contributed by atoms with Gasteiger partial charge in [-0.2, -0.15) is 11.8 Å². The molecule has 0 aliphatic carbocycles. The number of benzene rings is 1. The third kappa shape index (κ3) is 10.5. The number of phenolic OH excluding ortho intramolecular Hbond substituents is 1. The largest absolute Gasteiger partial charge is 0.508 e. The summed E-state index contributed by atoms with van der Waals surface area (Å²) in [7, 11) is 0. The lowest BCUT2D eigenvalue weighted by Crippen LogP contribution is -2.49. The first-order chi connectivity index (χ1) is 14.2. The van der Waals surface area contributed by atoms with Crippen molar-refractivity contribution >= 4 is 41.6 Å². The summed E-state index contributed by atoms with van der Waals surface area (Å²) in [6.07, 6.45) is 3.41. The number of rotatable bonds is 13. The molecule has 0 fully saturated rings. The molecule has 11 heteroatoms. The lowest BCUT2D eigenvalue weighted by atomic mass is 10.1. The zero-order valence-corrected chi connectivity index (χ0v) is 16.9. The van der Waals surface area contributed by atoms with Crippen LogP contribution in [0.25, 0.3) is 6.08 Å². The molecule has 0 aliphatic rings. The van der Waals surface area contributed by atoms with Crippen LogP contribution in [0.2, 0.25) is 0 Å². The highest BCUT2D eigenvalue weighted by Gasteiger charge is 2.22. The van der Waals surface area contributed by atoms with Crippen LogP contribution in [0, 0.1) is 0 Å². The number of aliphatic carboxylic acids is 2. The number of nitrogens with two attached hydrogens (primary N) is 1. The van der Waals surface area contributed by atoms with E-state index in [-0.39, 0.29) is 24.3 Å². The number of hydrogen-bond donors (Lipinski definition) is 6. The number of amides is 2. The van der Waals surface area contributed by atoms with Gasteiger partial charge in [0.2, 0.25) is 11.8 Å². The molecule has 0 unspecified atom stereocenters. The normalized spacial score (nSPS) is 12.8. The van der Waals surface area contributed by atoms with Crippen LogP contribution in [-0.4, -0.2) is 69.2 Å². The van der Waals surface area contributed by atoms with Gasteiger partial charge in [-0.3, -0.25) is 19.2 Å². The zero-order valence-electron chi connectivity index (χ0n) is 16.1. The molecule has 30 heavy (non-hydrogen) atoms. The van der Waals surface area contributed by atoms with E-state index in [1.54, 1.807) is 24.3 Å². The van der Waals surface area contributed by atoms with E-state index in [0.29, 0.717) is 5.75 Å². The summed E-state index contributed by atoms with van der Waals surface area (Å²) in [5, 5.41) is 31.4. The van der Waals surface area contributed by atoms with E-state index < -0.39 is 42.4 Å². The molecule has 0 radical (unpaired) electrons.